The zero-order valence-electron chi connectivity index (χ0n) is 38.7. The number of carbonyl (C=O) groups excluding carboxylic acids is 2. The Kier molecular flexibility index (Phi) is 12.8. The van der Waals surface area contributed by atoms with Crippen molar-refractivity contribution >= 4 is 60.8 Å². The van der Waals surface area contributed by atoms with Gasteiger partial charge in [0, 0.05) is 36.8 Å². The number of nitrogens with zero attached hydrogens (tertiary/aromatic N) is 5. The van der Waals surface area contributed by atoms with E-state index < -0.39 is 28.5 Å². The Morgan fingerprint density at radius 2 is 1.45 bits per heavy atom. The monoisotopic (exact) mass is 973 g/mol. The Morgan fingerprint density at radius 1 is 0.789 bits per heavy atom. The molecule has 2 aliphatic heterocycles. The van der Waals surface area contributed by atoms with Crippen molar-refractivity contribution in [2.75, 3.05) is 29.3 Å². The number of benzene rings is 6. The lowest BCUT2D eigenvalue weighted by atomic mass is 9.96. The Morgan fingerprint density at radius 3 is 2.10 bits per heavy atom. The van der Waals surface area contributed by atoms with Gasteiger partial charge >= 0.3 is 15.9 Å². The third kappa shape index (κ3) is 9.82. The topological polar surface area (TPSA) is 166 Å². The molecule has 1 saturated heterocycles. The van der Waals surface area contributed by atoms with Gasteiger partial charge in [-0.15, -0.1) is 0 Å². The van der Waals surface area contributed by atoms with Crippen LogP contribution in [-0.4, -0.2) is 64.9 Å². The largest absolute Gasteiger partial charge is 0.487 e. The summed E-state index contributed by atoms with van der Waals surface area (Å²) in [4.78, 5) is 46.6. The summed E-state index contributed by atoms with van der Waals surface area (Å²) in [6.07, 6.45) is 2.76. The molecule has 10 rings (SSSR count). The number of carbonyl (C=O) groups is 2. The van der Waals surface area contributed by atoms with Crippen molar-refractivity contribution in [2.24, 2.45) is 7.05 Å². The number of nitrogens with one attached hydrogen (secondary N) is 2. The van der Waals surface area contributed by atoms with Gasteiger partial charge in [-0.2, -0.15) is 13.4 Å². The lowest BCUT2D eigenvalue weighted by Crippen LogP contribution is -2.41. The van der Waals surface area contributed by atoms with Crippen molar-refractivity contribution in [3.63, 3.8) is 0 Å². The average molecular weight is 974 g/mol. The number of fused-ring (bicyclic) bond motifs is 2. The highest BCUT2D eigenvalue weighted by Gasteiger charge is 2.38. The van der Waals surface area contributed by atoms with Crippen molar-refractivity contribution < 1.29 is 36.6 Å². The fourth-order valence-corrected chi connectivity index (χ4v) is 10.1. The molecule has 17 heteroatoms. The van der Waals surface area contributed by atoms with Crippen LogP contribution in [0.15, 0.2) is 156 Å². The number of ether oxygens (including phenoxy) is 3. The highest BCUT2D eigenvalue weighted by molar-refractivity contribution is 7.92. The van der Waals surface area contributed by atoms with E-state index in [-0.39, 0.29) is 60.1 Å². The Bertz CT molecular complexity index is 3530. The molecular weight excluding hydrogens is 926 g/mol. The van der Waals surface area contributed by atoms with Crippen LogP contribution in [0.5, 0.6) is 17.5 Å². The predicted octanol–water partition coefficient (Wildman–Crippen LogP) is 8.05. The lowest BCUT2D eigenvalue weighted by molar-refractivity contribution is -0.118. The van der Waals surface area contributed by atoms with Crippen molar-refractivity contribution in [2.45, 2.75) is 39.2 Å². The minimum absolute atomic E-state index is 0.00274. The standard InChI is InChI=1S/C54H48FN7O8S/c1-35-26-40(39-18-21-44-46(28-39)59(2)54(65)62(44)45-22-23-50(69-33-37-14-8-4-9-15-37)57-53(45)70-34-38-16-10-5-11-17-38)24-25-60(35)30-48(63)56-42-19-20-43-41(27-42)29-47(68-32-36-12-6-3-7-13-36)52(51(43)55)61-31-49(64)58-71(61,66)67/h3-23,26-29,35H,24-25,30-34H2,1-2H3,(H,56,63)(H,58,64). The molecule has 0 spiro atoms. The van der Waals surface area contributed by atoms with Gasteiger partial charge in [-0.3, -0.25) is 23.6 Å². The maximum absolute atomic E-state index is 16.4. The maximum Gasteiger partial charge on any atom is 0.333 e. The molecule has 8 aromatic rings. The molecule has 2 N–H and O–H groups in total. The smallest absolute Gasteiger partial charge is 0.333 e. The highest BCUT2D eigenvalue weighted by atomic mass is 32.2. The second-order valence-corrected chi connectivity index (χ2v) is 19.0. The van der Waals surface area contributed by atoms with Gasteiger partial charge in [0.2, 0.25) is 17.7 Å². The first kappa shape index (κ1) is 46.4. The SMILES string of the molecule is CC1C=C(c2ccc3c(c2)n(C)c(=O)n3-c2ccc(OCc3ccccc3)nc2OCc2ccccc2)CCN1CC(=O)Nc1ccc2c(F)c(N3CC(=O)NS3(=O)=O)c(OCc3ccccc3)cc2c1. The number of hydrogen-bond donors (Lipinski definition) is 2. The summed E-state index contributed by atoms with van der Waals surface area (Å²) in [5.41, 5.74) is 6.34. The number of amides is 2. The number of rotatable bonds is 15. The van der Waals surface area contributed by atoms with Crippen LogP contribution in [0.1, 0.15) is 35.6 Å². The summed E-state index contributed by atoms with van der Waals surface area (Å²) in [6.45, 7) is 2.61. The number of aromatic nitrogens is 3. The normalized spacial score (nSPS) is 15.6. The van der Waals surface area contributed by atoms with E-state index in [1.54, 1.807) is 40.4 Å². The predicted molar refractivity (Wildman–Crippen MR) is 269 cm³/mol. The molecule has 0 saturated carbocycles. The van der Waals surface area contributed by atoms with Gasteiger partial charge in [0.25, 0.3) is 5.91 Å². The van der Waals surface area contributed by atoms with Crippen LogP contribution in [-0.2, 0) is 46.7 Å². The van der Waals surface area contributed by atoms with Crippen molar-refractivity contribution in [1.29, 1.82) is 0 Å². The first-order valence-electron chi connectivity index (χ1n) is 23.0. The Balaban J connectivity index is 0.855. The maximum atomic E-state index is 16.4. The molecule has 4 heterocycles. The summed E-state index contributed by atoms with van der Waals surface area (Å²) in [5, 5.41) is 3.36. The summed E-state index contributed by atoms with van der Waals surface area (Å²) < 4.78 is 66.3. The number of imidazole rings is 1. The molecule has 71 heavy (non-hydrogen) atoms. The van der Waals surface area contributed by atoms with Crippen LogP contribution < -0.4 is 34.2 Å². The van der Waals surface area contributed by atoms with Crippen LogP contribution in [0.2, 0.25) is 0 Å². The summed E-state index contributed by atoms with van der Waals surface area (Å²) >= 11 is 0. The van der Waals surface area contributed by atoms with E-state index in [1.165, 1.54) is 12.1 Å². The van der Waals surface area contributed by atoms with Crippen LogP contribution in [0.4, 0.5) is 15.8 Å². The van der Waals surface area contributed by atoms with Gasteiger partial charge in [-0.25, -0.2) is 18.2 Å². The van der Waals surface area contributed by atoms with Crippen molar-refractivity contribution in [1.82, 2.24) is 23.7 Å². The molecule has 1 fully saturated rings. The number of halogens is 1. The molecule has 15 nitrogen and oxygen atoms in total. The third-order valence-electron chi connectivity index (χ3n) is 12.6. The van der Waals surface area contributed by atoms with Crippen molar-refractivity contribution in [3.8, 4) is 23.2 Å². The van der Waals surface area contributed by atoms with Gasteiger partial charge in [0.05, 0.1) is 17.6 Å². The van der Waals surface area contributed by atoms with Crippen LogP contribution in [0.25, 0.3) is 33.1 Å². The fraction of sp³-hybridized carbons (Fsp3) is 0.185. The van der Waals surface area contributed by atoms with Gasteiger partial charge in [0.15, 0.2) is 5.82 Å². The molecule has 1 unspecified atom stereocenters. The lowest BCUT2D eigenvalue weighted by Gasteiger charge is -2.32. The fourth-order valence-electron chi connectivity index (χ4n) is 8.93. The molecule has 0 aliphatic carbocycles. The van der Waals surface area contributed by atoms with Crippen LogP contribution >= 0.6 is 0 Å². The molecule has 2 aliphatic rings. The first-order chi connectivity index (χ1) is 34.4. The summed E-state index contributed by atoms with van der Waals surface area (Å²) in [6, 6.07) is 44.1. The molecule has 2 aromatic heterocycles. The number of aryl methyl sites for hydroxylation is 1. The first-order valence-corrected chi connectivity index (χ1v) is 24.4. The van der Waals surface area contributed by atoms with Gasteiger partial charge in [0.1, 0.15) is 43.5 Å². The third-order valence-corrected chi connectivity index (χ3v) is 13.9. The van der Waals surface area contributed by atoms with E-state index in [0.29, 0.717) is 52.0 Å². The van der Waals surface area contributed by atoms with E-state index in [1.807, 2.05) is 121 Å². The van der Waals surface area contributed by atoms with E-state index in [4.69, 9.17) is 19.2 Å². The zero-order valence-corrected chi connectivity index (χ0v) is 39.6. The molecule has 6 aromatic carbocycles. The minimum atomic E-state index is -4.36. The Labute approximate surface area is 408 Å². The van der Waals surface area contributed by atoms with E-state index in [9.17, 15) is 22.8 Å². The van der Waals surface area contributed by atoms with Crippen LogP contribution in [0, 0.1) is 5.82 Å². The second kappa shape index (κ2) is 19.6. The Hall–Kier alpha value is -8.28. The molecule has 2 amide bonds. The minimum Gasteiger partial charge on any atom is -0.487 e. The highest BCUT2D eigenvalue weighted by Crippen LogP contribution is 2.40. The van der Waals surface area contributed by atoms with Crippen molar-refractivity contribution in [3.05, 3.63) is 190 Å². The molecule has 0 bridgehead atoms. The van der Waals surface area contributed by atoms with Gasteiger partial charge in [-0.1, -0.05) is 103 Å². The quantitative estimate of drug-likeness (QED) is 0.103. The van der Waals surface area contributed by atoms with E-state index in [0.717, 1.165) is 33.3 Å². The van der Waals surface area contributed by atoms with Gasteiger partial charge < -0.3 is 19.5 Å². The number of anilines is 2. The molecular formula is C54H48FN7O8S. The van der Waals surface area contributed by atoms with Gasteiger partial charge in [-0.05, 0) is 89.0 Å². The molecule has 0 radical (unpaired) electrons. The second-order valence-electron chi connectivity index (χ2n) is 17.4. The van der Waals surface area contributed by atoms with Crippen LogP contribution in [0.3, 0.4) is 0 Å². The number of pyridine rings is 1. The van der Waals surface area contributed by atoms with E-state index >= 15 is 4.39 Å². The molecule has 1 atom stereocenters. The summed E-state index contributed by atoms with van der Waals surface area (Å²) in [5.74, 6) is -1.44. The van der Waals surface area contributed by atoms with E-state index in [2.05, 4.69) is 16.3 Å². The molecule has 360 valence electrons. The zero-order chi connectivity index (χ0) is 49.2. The number of hydrogen-bond acceptors (Lipinski definition) is 10. The summed E-state index contributed by atoms with van der Waals surface area (Å²) in [7, 11) is -2.62. The average Bonchev–Trinajstić information content (AvgIpc) is 3.80.